The van der Waals surface area contributed by atoms with Crippen molar-refractivity contribution in [3.8, 4) is 0 Å². The number of aromatic nitrogens is 1. The van der Waals surface area contributed by atoms with Gasteiger partial charge in [0.25, 0.3) is 0 Å². The second kappa shape index (κ2) is 6.75. The molecule has 0 bridgehead atoms. The van der Waals surface area contributed by atoms with Gasteiger partial charge in [-0.3, -0.25) is 4.98 Å². The number of hydrogen-bond donors (Lipinski definition) is 1. The Morgan fingerprint density at radius 3 is 2.82 bits per heavy atom. The Hall–Kier alpha value is -0.890. The Morgan fingerprint density at radius 1 is 1.35 bits per heavy atom. The van der Waals surface area contributed by atoms with Crippen LogP contribution in [-0.4, -0.2) is 11.5 Å². The lowest BCUT2D eigenvalue weighted by atomic mass is 9.81. The zero-order valence-electron chi connectivity index (χ0n) is 10.9. The molecule has 2 nitrogen and oxygen atoms in total. The Labute approximate surface area is 105 Å². The molecule has 2 rings (SSSR count). The van der Waals surface area contributed by atoms with E-state index in [1.165, 1.54) is 44.1 Å². The van der Waals surface area contributed by atoms with Crippen molar-refractivity contribution < 1.29 is 0 Å². The van der Waals surface area contributed by atoms with Crippen molar-refractivity contribution in [3.63, 3.8) is 0 Å². The van der Waals surface area contributed by atoms with E-state index in [0.717, 1.165) is 12.5 Å². The Morgan fingerprint density at radius 2 is 2.18 bits per heavy atom. The van der Waals surface area contributed by atoms with Crippen LogP contribution in [0.3, 0.4) is 0 Å². The summed E-state index contributed by atoms with van der Waals surface area (Å²) in [7, 11) is 0. The van der Waals surface area contributed by atoms with Gasteiger partial charge >= 0.3 is 0 Å². The predicted octanol–water partition coefficient (Wildman–Crippen LogP) is 3.70. The molecule has 0 aromatic carbocycles. The fraction of sp³-hybridized carbons (Fsp3) is 0.667. The van der Waals surface area contributed by atoms with E-state index < -0.39 is 0 Å². The summed E-state index contributed by atoms with van der Waals surface area (Å²) in [5, 5.41) is 3.72. The van der Waals surface area contributed by atoms with Crippen molar-refractivity contribution >= 4 is 0 Å². The predicted molar refractivity (Wildman–Crippen MR) is 71.8 cm³/mol. The van der Waals surface area contributed by atoms with E-state index in [2.05, 4.69) is 29.4 Å². The molecule has 0 spiro atoms. The summed E-state index contributed by atoms with van der Waals surface area (Å²) in [6.07, 6.45) is 12.0. The zero-order chi connectivity index (χ0) is 11.9. The van der Waals surface area contributed by atoms with E-state index in [4.69, 9.17) is 0 Å². The van der Waals surface area contributed by atoms with Gasteiger partial charge in [0, 0.05) is 18.4 Å². The molecule has 1 aromatic rings. The van der Waals surface area contributed by atoms with E-state index in [9.17, 15) is 0 Å². The van der Waals surface area contributed by atoms with Gasteiger partial charge in [-0.15, -0.1) is 0 Å². The van der Waals surface area contributed by atoms with E-state index in [-0.39, 0.29) is 0 Å². The highest BCUT2D eigenvalue weighted by Crippen LogP contribution is 2.34. The van der Waals surface area contributed by atoms with E-state index in [1.54, 1.807) is 0 Å². The van der Waals surface area contributed by atoms with Crippen molar-refractivity contribution in [2.45, 2.75) is 51.5 Å². The summed E-state index contributed by atoms with van der Waals surface area (Å²) in [5.41, 5.74) is 1.37. The molecule has 0 amide bonds. The molecule has 1 atom stereocenters. The molecule has 1 unspecified atom stereocenters. The van der Waals surface area contributed by atoms with Gasteiger partial charge in [0.2, 0.25) is 0 Å². The zero-order valence-corrected chi connectivity index (χ0v) is 10.9. The molecule has 0 saturated heterocycles. The fourth-order valence-electron chi connectivity index (χ4n) is 2.88. The molecular formula is C15H24N2. The third kappa shape index (κ3) is 3.53. The molecule has 1 aromatic heterocycles. The van der Waals surface area contributed by atoms with Crippen LogP contribution in [0.2, 0.25) is 0 Å². The molecule has 1 heterocycles. The van der Waals surface area contributed by atoms with Gasteiger partial charge in [0.15, 0.2) is 0 Å². The average molecular weight is 232 g/mol. The van der Waals surface area contributed by atoms with Crippen LogP contribution in [0.4, 0.5) is 0 Å². The summed E-state index contributed by atoms with van der Waals surface area (Å²) < 4.78 is 0. The van der Waals surface area contributed by atoms with Crippen LogP contribution in [-0.2, 0) is 0 Å². The summed E-state index contributed by atoms with van der Waals surface area (Å²) in [6, 6.07) is 4.79. The molecule has 0 radical (unpaired) electrons. The van der Waals surface area contributed by atoms with E-state index >= 15 is 0 Å². The highest BCUT2D eigenvalue weighted by atomic mass is 14.9. The van der Waals surface area contributed by atoms with Gasteiger partial charge in [-0.2, -0.15) is 0 Å². The van der Waals surface area contributed by atoms with Gasteiger partial charge in [-0.1, -0.05) is 32.3 Å². The van der Waals surface area contributed by atoms with Crippen molar-refractivity contribution in [1.29, 1.82) is 0 Å². The van der Waals surface area contributed by atoms with Crippen LogP contribution in [0.25, 0.3) is 0 Å². The number of nitrogens with zero attached hydrogens (tertiary/aromatic N) is 1. The first kappa shape index (κ1) is 12.6. The number of pyridine rings is 1. The monoisotopic (exact) mass is 232 g/mol. The first-order valence-corrected chi connectivity index (χ1v) is 7.05. The van der Waals surface area contributed by atoms with Crippen molar-refractivity contribution in [2.24, 2.45) is 5.92 Å². The SMILES string of the molecule is CCCNC(c1cccnc1)C1CCCCC1. The summed E-state index contributed by atoms with van der Waals surface area (Å²) >= 11 is 0. The van der Waals surface area contributed by atoms with Crippen molar-refractivity contribution in [2.75, 3.05) is 6.54 Å². The van der Waals surface area contributed by atoms with Crippen molar-refractivity contribution in [1.82, 2.24) is 10.3 Å². The molecule has 2 heteroatoms. The smallest absolute Gasteiger partial charge is 0.0363 e. The number of nitrogens with one attached hydrogen (secondary N) is 1. The maximum Gasteiger partial charge on any atom is 0.0363 e. The molecule has 0 aliphatic heterocycles. The Kier molecular flexibility index (Phi) is 4.99. The summed E-state index contributed by atoms with van der Waals surface area (Å²) in [5.74, 6) is 0.805. The van der Waals surface area contributed by atoms with Gasteiger partial charge < -0.3 is 5.32 Å². The average Bonchev–Trinajstić information content (AvgIpc) is 2.42. The second-order valence-corrected chi connectivity index (χ2v) is 5.12. The van der Waals surface area contributed by atoms with Gasteiger partial charge in [0.05, 0.1) is 0 Å². The van der Waals surface area contributed by atoms with Crippen LogP contribution >= 0.6 is 0 Å². The topological polar surface area (TPSA) is 24.9 Å². The minimum absolute atomic E-state index is 0.518. The Bertz CT molecular complexity index is 304. The standard InChI is InChI=1S/C15H24N2/c1-2-10-17-15(13-7-4-3-5-8-13)14-9-6-11-16-12-14/h6,9,11-13,15,17H,2-5,7-8,10H2,1H3. The fourth-order valence-corrected chi connectivity index (χ4v) is 2.88. The first-order valence-electron chi connectivity index (χ1n) is 7.05. The lowest BCUT2D eigenvalue weighted by molar-refractivity contribution is 0.271. The molecule has 94 valence electrons. The van der Waals surface area contributed by atoms with Gasteiger partial charge in [-0.25, -0.2) is 0 Å². The van der Waals surface area contributed by atoms with E-state index in [0.29, 0.717) is 6.04 Å². The van der Waals surface area contributed by atoms with Crippen LogP contribution in [0.5, 0.6) is 0 Å². The van der Waals surface area contributed by atoms with Gasteiger partial charge in [-0.05, 0) is 43.4 Å². The lowest BCUT2D eigenvalue weighted by Gasteiger charge is -2.31. The largest absolute Gasteiger partial charge is 0.310 e. The molecule has 1 saturated carbocycles. The minimum atomic E-state index is 0.518. The molecule has 1 aliphatic carbocycles. The first-order chi connectivity index (χ1) is 8.42. The highest BCUT2D eigenvalue weighted by Gasteiger charge is 2.24. The summed E-state index contributed by atoms with van der Waals surface area (Å²) in [6.45, 7) is 3.34. The normalized spacial score (nSPS) is 19.1. The third-order valence-electron chi connectivity index (χ3n) is 3.78. The lowest BCUT2D eigenvalue weighted by Crippen LogP contribution is -2.30. The van der Waals surface area contributed by atoms with Crippen LogP contribution < -0.4 is 5.32 Å². The summed E-state index contributed by atoms with van der Waals surface area (Å²) in [4.78, 5) is 4.27. The Balaban J connectivity index is 2.06. The molecule has 1 N–H and O–H groups in total. The van der Waals surface area contributed by atoms with Crippen LogP contribution in [0, 0.1) is 5.92 Å². The number of rotatable bonds is 5. The van der Waals surface area contributed by atoms with Crippen LogP contribution in [0.15, 0.2) is 24.5 Å². The quantitative estimate of drug-likeness (QED) is 0.837. The third-order valence-corrected chi connectivity index (χ3v) is 3.78. The molecule has 1 fully saturated rings. The molecular weight excluding hydrogens is 208 g/mol. The number of hydrogen-bond acceptors (Lipinski definition) is 2. The van der Waals surface area contributed by atoms with E-state index in [1.807, 2.05) is 12.4 Å². The van der Waals surface area contributed by atoms with Crippen LogP contribution in [0.1, 0.15) is 57.1 Å². The highest BCUT2D eigenvalue weighted by molar-refractivity contribution is 5.15. The van der Waals surface area contributed by atoms with Gasteiger partial charge in [0.1, 0.15) is 0 Å². The maximum absolute atomic E-state index is 4.27. The van der Waals surface area contributed by atoms with Crippen molar-refractivity contribution in [3.05, 3.63) is 30.1 Å². The maximum atomic E-state index is 4.27. The minimum Gasteiger partial charge on any atom is -0.310 e. The second-order valence-electron chi connectivity index (χ2n) is 5.12. The molecule has 1 aliphatic rings. The molecule has 17 heavy (non-hydrogen) atoms.